The molecule has 4 heterocycles. The molecule has 0 bridgehead atoms. The average Bonchev–Trinajstić information content (AvgIpc) is 3.30. The minimum absolute atomic E-state index is 0.0218. The third kappa shape index (κ3) is 3.53. The number of hydrogen-bond acceptors (Lipinski definition) is 7. The van der Waals surface area contributed by atoms with Crippen LogP contribution in [0.15, 0.2) is 35.4 Å². The maximum absolute atomic E-state index is 12.6. The van der Waals surface area contributed by atoms with E-state index in [-0.39, 0.29) is 17.6 Å². The van der Waals surface area contributed by atoms with Crippen LogP contribution < -0.4 is 10.2 Å². The summed E-state index contributed by atoms with van der Waals surface area (Å²) in [4.78, 5) is 23.2. The number of nitrogens with one attached hydrogen (secondary N) is 1. The molecule has 0 aromatic carbocycles. The van der Waals surface area contributed by atoms with Gasteiger partial charge in [-0.05, 0) is 19.8 Å². The van der Waals surface area contributed by atoms with Crippen molar-refractivity contribution in [3.63, 3.8) is 0 Å². The van der Waals surface area contributed by atoms with Crippen LogP contribution in [0.5, 0.6) is 0 Å². The number of amides is 1. The first-order chi connectivity index (χ1) is 13.1. The lowest BCUT2D eigenvalue weighted by Crippen LogP contribution is -2.48. The second-order valence-corrected chi connectivity index (χ2v) is 6.67. The molecule has 1 aliphatic heterocycles. The van der Waals surface area contributed by atoms with Crippen LogP contribution in [-0.4, -0.2) is 49.9 Å². The van der Waals surface area contributed by atoms with Gasteiger partial charge in [0.2, 0.25) is 0 Å². The van der Waals surface area contributed by atoms with E-state index in [1.807, 2.05) is 14.0 Å². The topological polar surface area (TPSA) is 102 Å². The van der Waals surface area contributed by atoms with Gasteiger partial charge in [-0.3, -0.25) is 14.5 Å². The number of carbonyl (C=O) groups excluding carboxylic acids is 1. The standard InChI is InChI=1S/C18H21N7O2/c1-12-14(9-21-24(12)2)16-8-15(23-27-16)18(26)22-13-4-3-7-25(11-13)17-10-19-5-6-20-17/h5-6,8-10,13H,3-4,7,11H2,1-2H3,(H,22,26)/t13-/m0/s1. The molecule has 9 heteroatoms. The number of aromatic nitrogens is 5. The lowest BCUT2D eigenvalue weighted by molar-refractivity contribution is 0.0924. The van der Waals surface area contributed by atoms with Gasteiger partial charge in [-0.25, -0.2) is 4.98 Å². The normalized spacial score (nSPS) is 17.1. The Balaban J connectivity index is 1.43. The van der Waals surface area contributed by atoms with Gasteiger partial charge in [0, 0.05) is 50.3 Å². The predicted octanol–water partition coefficient (Wildman–Crippen LogP) is 1.57. The summed E-state index contributed by atoms with van der Waals surface area (Å²) in [7, 11) is 1.86. The first kappa shape index (κ1) is 17.2. The molecule has 140 valence electrons. The molecule has 1 atom stereocenters. The lowest BCUT2D eigenvalue weighted by Gasteiger charge is -2.33. The quantitative estimate of drug-likeness (QED) is 0.747. The lowest BCUT2D eigenvalue weighted by atomic mass is 10.1. The van der Waals surface area contributed by atoms with Crippen molar-refractivity contribution < 1.29 is 9.32 Å². The molecule has 1 saturated heterocycles. The van der Waals surface area contributed by atoms with Crippen molar-refractivity contribution in [2.75, 3.05) is 18.0 Å². The summed E-state index contributed by atoms with van der Waals surface area (Å²) in [6, 6.07) is 1.68. The number of rotatable bonds is 4. The molecular weight excluding hydrogens is 346 g/mol. The van der Waals surface area contributed by atoms with E-state index in [1.165, 1.54) is 0 Å². The van der Waals surface area contributed by atoms with Crippen LogP contribution in [-0.2, 0) is 7.05 Å². The first-order valence-electron chi connectivity index (χ1n) is 8.89. The SMILES string of the molecule is Cc1c(-c2cc(C(=O)N[C@H]3CCCN(c4cnccn4)C3)no2)cnn1C. The fourth-order valence-corrected chi connectivity index (χ4v) is 3.27. The van der Waals surface area contributed by atoms with E-state index >= 15 is 0 Å². The number of anilines is 1. The summed E-state index contributed by atoms with van der Waals surface area (Å²) in [5, 5.41) is 11.2. The van der Waals surface area contributed by atoms with Crippen molar-refractivity contribution in [3.8, 4) is 11.3 Å². The molecule has 1 amide bonds. The van der Waals surface area contributed by atoms with Crippen molar-refractivity contribution in [2.45, 2.75) is 25.8 Å². The maximum atomic E-state index is 12.6. The van der Waals surface area contributed by atoms with Gasteiger partial charge in [0.05, 0.1) is 18.0 Å². The molecule has 4 rings (SSSR count). The van der Waals surface area contributed by atoms with E-state index in [0.717, 1.165) is 36.5 Å². The van der Waals surface area contributed by atoms with Crippen molar-refractivity contribution in [1.29, 1.82) is 0 Å². The molecule has 0 radical (unpaired) electrons. The van der Waals surface area contributed by atoms with Crippen LogP contribution in [0.2, 0.25) is 0 Å². The van der Waals surface area contributed by atoms with Crippen molar-refractivity contribution in [1.82, 2.24) is 30.2 Å². The van der Waals surface area contributed by atoms with Crippen LogP contribution in [0.25, 0.3) is 11.3 Å². The minimum Gasteiger partial charge on any atom is -0.355 e. The second kappa shape index (κ2) is 7.18. The molecule has 0 unspecified atom stereocenters. The molecule has 0 saturated carbocycles. The van der Waals surface area contributed by atoms with Crippen LogP contribution >= 0.6 is 0 Å². The molecule has 0 aliphatic carbocycles. The highest BCUT2D eigenvalue weighted by molar-refractivity contribution is 5.93. The molecule has 9 nitrogen and oxygen atoms in total. The third-order valence-corrected chi connectivity index (χ3v) is 4.87. The largest absolute Gasteiger partial charge is 0.355 e. The molecular formula is C18H21N7O2. The summed E-state index contributed by atoms with van der Waals surface area (Å²) in [6.45, 7) is 3.53. The van der Waals surface area contributed by atoms with E-state index < -0.39 is 0 Å². The van der Waals surface area contributed by atoms with Crippen molar-refractivity contribution >= 4 is 11.7 Å². The molecule has 27 heavy (non-hydrogen) atoms. The summed E-state index contributed by atoms with van der Waals surface area (Å²) < 4.78 is 7.10. The zero-order valence-corrected chi connectivity index (χ0v) is 15.3. The Morgan fingerprint density at radius 3 is 2.96 bits per heavy atom. The highest BCUT2D eigenvalue weighted by Gasteiger charge is 2.24. The average molecular weight is 367 g/mol. The Kier molecular flexibility index (Phi) is 4.57. The minimum atomic E-state index is -0.238. The van der Waals surface area contributed by atoms with Gasteiger partial charge in [-0.2, -0.15) is 5.10 Å². The van der Waals surface area contributed by atoms with Crippen LogP contribution in [0.4, 0.5) is 5.82 Å². The first-order valence-corrected chi connectivity index (χ1v) is 8.89. The van der Waals surface area contributed by atoms with E-state index in [2.05, 4.69) is 30.4 Å². The van der Waals surface area contributed by atoms with Gasteiger partial charge >= 0.3 is 0 Å². The van der Waals surface area contributed by atoms with Gasteiger partial charge < -0.3 is 14.7 Å². The third-order valence-electron chi connectivity index (χ3n) is 4.87. The van der Waals surface area contributed by atoms with Gasteiger partial charge in [0.1, 0.15) is 5.82 Å². The number of hydrogen-bond donors (Lipinski definition) is 1. The van der Waals surface area contributed by atoms with Crippen LogP contribution in [0.1, 0.15) is 29.0 Å². The molecule has 3 aromatic heterocycles. The summed E-state index contributed by atoms with van der Waals surface area (Å²) >= 11 is 0. The van der Waals surface area contributed by atoms with Crippen LogP contribution in [0, 0.1) is 6.92 Å². The number of aryl methyl sites for hydroxylation is 1. The van der Waals surface area contributed by atoms with E-state index in [4.69, 9.17) is 4.52 Å². The Hall–Kier alpha value is -3.23. The summed E-state index contributed by atoms with van der Waals surface area (Å²) in [5.41, 5.74) is 2.05. The Labute approximate surface area is 156 Å². The Morgan fingerprint density at radius 1 is 1.33 bits per heavy atom. The summed E-state index contributed by atoms with van der Waals surface area (Å²) in [6.07, 6.45) is 8.66. The maximum Gasteiger partial charge on any atom is 0.273 e. The number of carbonyl (C=O) groups is 1. The zero-order chi connectivity index (χ0) is 18.8. The number of piperidine rings is 1. The van der Waals surface area contributed by atoms with E-state index in [0.29, 0.717) is 12.3 Å². The van der Waals surface area contributed by atoms with Gasteiger partial charge in [0.25, 0.3) is 5.91 Å². The van der Waals surface area contributed by atoms with Crippen LogP contribution in [0.3, 0.4) is 0 Å². The van der Waals surface area contributed by atoms with Gasteiger partial charge in [-0.15, -0.1) is 0 Å². The molecule has 0 spiro atoms. The fraction of sp³-hybridized carbons (Fsp3) is 0.389. The molecule has 3 aromatic rings. The Bertz CT molecular complexity index is 934. The highest BCUT2D eigenvalue weighted by Crippen LogP contribution is 2.23. The molecule has 1 N–H and O–H groups in total. The van der Waals surface area contributed by atoms with Gasteiger partial charge in [0.15, 0.2) is 11.5 Å². The van der Waals surface area contributed by atoms with Crippen molar-refractivity contribution in [2.24, 2.45) is 7.05 Å². The second-order valence-electron chi connectivity index (χ2n) is 6.67. The fourth-order valence-electron chi connectivity index (χ4n) is 3.27. The van der Waals surface area contributed by atoms with E-state index in [9.17, 15) is 4.79 Å². The molecule has 1 aliphatic rings. The predicted molar refractivity (Wildman–Crippen MR) is 98.2 cm³/mol. The number of nitrogens with zero attached hydrogens (tertiary/aromatic N) is 6. The molecule has 1 fully saturated rings. The summed E-state index contributed by atoms with van der Waals surface area (Å²) in [5.74, 6) is 1.13. The smallest absolute Gasteiger partial charge is 0.273 e. The van der Waals surface area contributed by atoms with Gasteiger partial charge in [-0.1, -0.05) is 5.16 Å². The zero-order valence-electron chi connectivity index (χ0n) is 15.3. The van der Waals surface area contributed by atoms with E-state index in [1.54, 1.807) is 35.5 Å². The Morgan fingerprint density at radius 2 is 2.22 bits per heavy atom. The highest BCUT2D eigenvalue weighted by atomic mass is 16.5. The monoisotopic (exact) mass is 367 g/mol. The van der Waals surface area contributed by atoms with Crippen molar-refractivity contribution in [3.05, 3.63) is 42.2 Å².